The van der Waals surface area contributed by atoms with Crippen molar-refractivity contribution >= 4 is 29.0 Å². The minimum atomic E-state index is -0.942. The van der Waals surface area contributed by atoms with Crippen LogP contribution in [0, 0.1) is 5.82 Å². The zero-order valence-corrected chi connectivity index (χ0v) is 17.6. The quantitative estimate of drug-likeness (QED) is 0.589. The number of nitrogens with one attached hydrogen (secondary N) is 1. The van der Waals surface area contributed by atoms with E-state index in [-0.39, 0.29) is 24.0 Å². The van der Waals surface area contributed by atoms with Crippen molar-refractivity contribution in [3.8, 4) is 0 Å². The first kappa shape index (κ1) is 21.5. The van der Waals surface area contributed by atoms with E-state index < -0.39 is 30.0 Å². The fraction of sp³-hybridized carbons (Fsp3) is 0.450. The Labute approximate surface area is 183 Å². The second kappa shape index (κ2) is 8.81. The summed E-state index contributed by atoms with van der Waals surface area (Å²) in [5, 5.41) is 23.6. The van der Waals surface area contributed by atoms with E-state index >= 15 is 0 Å². The van der Waals surface area contributed by atoms with Crippen LogP contribution in [0.4, 0.5) is 10.2 Å². The second-order valence-electron chi connectivity index (χ2n) is 7.71. The van der Waals surface area contributed by atoms with Crippen LogP contribution < -0.4 is 5.32 Å². The summed E-state index contributed by atoms with van der Waals surface area (Å²) < 4.78 is 13.5. The maximum absolute atomic E-state index is 13.5. The number of rotatable bonds is 5. The molecule has 1 saturated carbocycles. The molecule has 3 heterocycles. The van der Waals surface area contributed by atoms with E-state index in [1.165, 1.54) is 17.3 Å². The van der Waals surface area contributed by atoms with Gasteiger partial charge in [-0.05, 0) is 25.3 Å². The summed E-state index contributed by atoms with van der Waals surface area (Å²) in [5.41, 5.74) is 1.60. The number of carbonyl (C=O) groups excluding carboxylic acids is 1. The molecule has 0 radical (unpaired) electrons. The van der Waals surface area contributed by atoms with Crippen LogP contribution in [0.25, 0.3) is 0 Å². The van der Waals surface area contributed by atoms with Crippen LogP contribution in [0.5, 0.6) is 0 Å². The van der Waals surface area contributed by atoms with Gasteiger partial charge in [-0.2, -0.15) is 0 Å². The fourth-order valence-electron chi connectivity index (χ4n) is 3.88. The zero-order chi connectivity index (χ0) is 22.1. The van der Waals surface area contributed by atoms with Crippen molar-refractivity contribution in [1.29, 1.82) is 0 Å². The Morgan fingerprint density at radius 2 is 2.13 bits per heavy atom. The number of carbonyl (C=O) groups is 1. The van der Waals surface area contributed by atoms with Crippen molar-refractivity contribution in [2.75, 3.05) is 12.4 Å². The van der Waals surface area contributed by atoms with E-state index in [4.69, 9.17) is 11.6 Å². The Balaban J connectivity index is 1.56. The summed E-state index contributed by atoms with van der Waals surface area (Å²) in [4.78, 5) is 31.1. The number of likely N-dealkylation sites (N-methyl/N-ethyl adjacent to an activating group) is 1. The Morgan fingerprint density at radius 1 is 1.32 bits per heavy atom. The lowest BCUT2D eigenvalue weighted by Crippen LogP contribution is -2.45. The summed E-state index contributed by atoms with van der Waals surface area (Å²) in [6, 6.07) is 0.824. The molecule has 2 aromatic heterocycles. The molecule has 1 fully saturated rings. The van der Waals surface area contributed by atoms with E-state index in [2.05, 4.69) is 25.3 Å². The molecule has 1 aliphatic heterocycles. The lowest BCUT2D eigenvalue weighted by atomic mass is 9.90. The molecule has 164 valence electrons. The highest BCUT2D eigenvalue weighted by Gasteiger charge is 2.34. The largest absolute Gasteiger partial charge is 0.390 e. The van der Waals surface area contributed by atoms with E-state index in [0.29, 0.717) is 35.5 Å². The molecule has 9 nitrogen and oxygen atoms in total. The summed E-state index contributed by atoms with van der Waals surface area (Å²) in [5.74, 6) is -0.565. The summed E-state index contributed by atoms with van der Waals surface area (Å²) in [6.07, 6.45) is 2.58. The Bertz CT molecular complexity index is 1040. The molecule has 0 bridgehead atoms. The Hall–Kier alpha value is -2.69. The van der Waals surface area contributed by atoms with Crippen LogP contribution in [0.1, 0.15) is 36.1 Å². The van der Waals surface area contributed by atoms with Crippen molar-refractivity contribution in [2.45, 2.75) is 50.6 Å². The number of aliphatic imine (C=N–C) groups is 1. The molecule has 0 spiro atoms. The number of nitrogens with zero attached hydrogens (tertiary/aromatic N) is 5. The van der Waals surface area contributed by atoms with Crippen molar-refractivity contribution < 1.29 is 19.4 Å². The number of aliphatic hydroxyl groups excluding tert-OH is 2. The summed E-state index contributed by atoms with van der Waals surface area (Å²) >= 11 is 6.02. The van der Waals surface area contributed by atoms with Crippen LogP contribution in [-0.4, -0.2) is 67.0 Å². The van der Waals surface area contributed by atoms with Crippen molar-refractivity contribution in [1.82, 2.24) is 19.9 Å². The standard InChI is InChI=1S/C20H22ClFN6O3/c1-28(8-10-5-11(22)6-24-18(10)21)20(31)16-15-13(7-23-16)25-9-26-19(15)27-12-3-2-4-14(29)17(12)30/h5-6,9,12,14,17,29-30H,2-4,7-8H2,1H3,(H,25,26,27)/t12-,14-,17+/m1/s1. The van der Waals surface area contributed by atoms with Gasteiger partial charge in [-0.15, -0.1) is 0 Å². The average Bonchev–Trinajstić information content (AvgIpc) is 3.18. The van der Waals surface area contributed by atoms with Crippen molar-refractivity contribution in [3.05, 3.63) is 46.4 Å². The molecular formula is C20H22ClFN6O3. The van der Waals surface area contributed by atoms with E-state index in [1.54, 1.807) is 7.05 Å². The number of hydrogen-bond acceptors (Lipinski definition) is 8. The van der Waals surface area contributed by atoms with Gasteiger partial charge in [-0.25, -0.2) is 19.3 Å². The van der Waals surface area contributed by atoms with Crippen LogP contribution in [0.2, 0.25) is 5.15 Å². The van der Waals surface area contributed by atoms with E-state index in [9.17, 15) is 19.4 Å². The van der Waals surface area contributed by atoms with Crippen LogP contribution in [0.15, 0.2) is 23.6 Å². The van der Waals surface area contributed by atoms with E-state index in [0.717, 1.165) is 12.6 Å². The van der Waals surface area contributed by atoms with Crippen LogP contribution in [0.3, 0.4) is 0 Å². The van der Waals surface area contributed by atoms with Gasteiger partial charge in [-0.1, -0.05) is 11.6 Å². The molecule has 4 rings (SSSR count). The number of hydrogen-bond donors (Lipinski definition) is 3. The van der Waals surface area contributed by atoms with Gasteiger partial charge in [0.2, 0.25) is 0 Å². The molecule has 1 aliphatic carbocycles. The number of amides is 1. The predicted molar refractivity (Wildman–Crippen MR) is 111 cm³/mol. The minimum Gasteiger partial charge on any atom is -0.390 e. The monoisotopic (exact) mass is 448 g/mol. The molecule has 31 heavy (non-hydrogen) atoms. The van der Waals surface area contributed by atoms with Gasteiger partial charge >= 0.3 is 0 Å². The number of aliphatic hydroxyl groups is 2. The van der Waals surface area contributed by atoms with Crippen molar-refractivity contribution in [2.24, 2.45) is 4.99 Å². The highest BCUT2D eigenvalue weighted by Crippen LogP contribution is 2.28. The number of pyridine rings is 1. The molecule has 3 N–H and O–H groups in total. The van der Waals surface area contributed by atoms with Gasteiger partial charge in [-0.3, -0.25) is 9.79 Å². The smallest absolute Gasteiger partial charge is 0.272 e. The predicted octanol–water partition coefficient (Wildman–Crippen LogP) is 1.31. The molecule has 3 atom stereocenters. The molecule has 0 aromatic carbocycles. The third-order valence-corrected chi connectivity index (χ3v) is 5.87. The number of halogens is 2. The highest BCUT2D eigenvalue weighted by atomic mass is 35.5. The summed E-state index contributed by atoms with van der Waals surface area (Å²) in [7, 11) is 1.56. The maximum Gasteiger partial charge on any atom is 0.272 e. The summed E-state index contributed by atoms with van der Waals surface area (Å²) in [6.45, 7) is 0.264. The first-order valence-electron chi connectivity index (χ1n) is 9.92. The van der Waals surface area contributed by atoms with E-state index in [1.807, 2.05) is 0 Å². The first-order valence-corrected chi connectivity index (χ1v) is 10.3. The number of aromatic nitrogens is 3. The lowest BCUT2D eigenvalue weighted by molar-refractivity contribution is -0.123. The van der Waals surface area contributed by atoms with Crippen molar-refractivity contribution in [3.63, 3.8) is 0 Å². The maximum atomic E-state index is 13.5. The Kier molecular flexibility index (Phi) is 6.12. The molecule has 11 heteroatoms. The van der Waals surface area contributed by atoms with Gasteiger partial charge in [0.1, 0.15) is 28.8 Å². The molecule has 0 saturated heterocycles. The fourth-order valence-corrected chi connectivity index (χ4v) is 4.04. The van der Waals surface area contributed by atoms with Gasteiger partial charge in [0, 0.05) is 19.2 Å². The van der Waals surface area contributed by atoms with Gasteiger partial charge in [0.05, 0.1) is 42.2 Å². The Morgan fingerprint density at radius 3 is 2.94 bits per heavy atom. The lowest BCUT2D eigenvalue weighted by Gasteiger charge is -2.33. The number of fused-ring (bicyclic) bond motifs is 1. The van der Waals surface area contributed by atoms with Crippen LogP contribution in [-0.2, 0) is 17.9 Å². The minimum absolute atomic E-state index is 0.0424. The van der Waals surface area contributed by atoms with Gasteiger partial charge in [0.25, 0.3) is 5.91 Å². The second-order valence-corrected chi connectivity index (χ2v) is 8.07. The number of anilines is 1. The molecule has 2 aliphatic rings. The normalized spacial score (nSPS) is 22.6. The molecular weight excluding hydrogens is 427 g/mol. The molecule has 0 unspecified atom stereocenters. The average molecular weight is 449 g/mol. The first-order chi connectivity index (χ1) is 14.8. The third kappa shape index (κ3) is 4.36. The zero-order valence-electron chi connectivity index (χ0n) is 16.8. The van der Waals surface area contributed by atoms with Gasteiger partial charge < -0.3 is 20.4 Å². The highest BCUT2D eigenvalue weighted by molar-refractivity contribution is 6.47. The third-order valence-electron chi connectivity index (χ3n) is 5.53. The molecule has 2 aromatic rings. The molecule has 1 amide bonds. The SMILES string of the molecule is CN(Cc1cc(F)cnc1Cl)C(=O)C1=NCc2ncnc(N[C@@H]3CCC[C@@H](O)[C@H]3O)c21. The topological polar surface area (TPSA) is 124 Å². The van der Waals surface area contributed by atoms with Crippen LogP contribution >= 0.6 is 11.6 Å². The van der Waals surface area contributed by atoms with Gasteiger partial charge in [0.15, 0.2) is 0 Å².